The van der Waals surface area contributed by atoms with Crippen LogP contribution in [0.1, 0.15) is 111 Å². The van der Waals surface area contributed by atoms with Gasteiger partial charge < -0.3 is 42.1 Å². The molecule has 63 heavy (non-hydrogen) atoms. The van der Waals surface area contributed by atoms with Crippen molar-refractivity contribution in [3.05, 3.63) is 30.3 Å². The van der Waals surface area contributed by atoms with E-state index in [1.165, 1.54) is 23.9 Å². The summed E-state index contributed by atoms with van der Waals surface area (Å²) in [7, 11) is -11.7. The van der Waals surface area contributed by atoms with Gasteiger partial charge in [-0.15, -0.1) is 11.8 Å². The molecule has 4 rings (SSSR count). The van der Waals surface area contributed by atoms with Gasteiger partial charge in [0.05, 0.1) is 24.2 Å². The second-order valence-electron chi connectivity index (χ2n) is 21.1. The van der Waals surface area contributed by atoms with Crippen LogP contribution in [0, 0.1) is 0 Å². The van der Waals surface area contributed by atoms with E-state index in [4.69, 9.17) is 37.0 Å². The van der Waals surface area contributed by atoms with E-state index in [1.807, 2.05) is 6.92 Å². The number of carbonyl (C=O) groups is 1. The highest BCUT2D eigenvalue weighted by molar-refractivity contribution is 7.99. The molecule has 0 unspecified atom stereocenters. The van der Waals surface area contributed by atoms with E-state index in [-0.39, 0.29) is 56.4 Å². The number of aliphatic hydroxyl groups excluding tert-OH is 1. The van der Waals surface area contributed by atoms with Gasteiger partial charge in [-0.2, -0.15) is 0 Å². The predicted octanol–water partition coefficient (Wildman–Crippen LogP) is 9.96. The molecule has 1 aromatic carbocycles. The predicted molar refractivity (Wildman–Crippen MR) is 258 cm³/mol. The maximum absolute atomic E-state index is 14.2. The molecule has 0 aromatic heterocycles. The first-order valence-corrected chi connectivity index (χ1v) is 33.0. The van der Waals surface area contributed by atoms with Gasteiger partial charge in [-0.25, -0.2) is 17.9 Å². The van der Waals surface area contributed by atoms with Gasteiger partial charge in [0.25, 0.3) is 0 Å². The van der Waals surface area contributed by atoms with Crippen molar-refractivity contribution in [1.29, 1.82) is 0 Å². The van der Waals surface area contributed by atoms with E-state index in [9.17, 15) is 18.3 Å². The Hall–Kier alpha value is -0.879. The first kappa shape index (κ1) is 54.7. The topological polar surface area (TPSA) is 157 Å². The summed E-state index contributed by atoms with van der Waals surface area (Å²) in [5, 5.41) is 12.4. The summed E-state index contributed by atoms with van der Waals surface area (Å²) in [4.78, 5) is 13.2. The van der Waals surface area contributed by atoms with Crippen molar-refractivity contribution in [2.45, 2.75) is 228 Å². The third-order valence-corrected chi connectivity index (χ3v) is 33.5. The van der Waals surface area contributed by atoms with Gasteiger partial charge in [-0.05, 0) is 69.3 Å². The highest BCUT2D eigenvalue weighted by Crippen LogP contribution is 2.47. The van der Waals surface area contributed by atoms with Crippen LogP contribution in [0.2, 0.25) is 51.4 Å². The lowest BCUT2D eigenvalue weighted by Crippen LogP contribution is -2.68. The van der Waals surface area contributed by atoms with Crippen molar-refractivity contribution in [1.82, 2.24) is 4.72 Å². The maximum Gasteiger partial charge on any atom is 0.509 e. The molecule has 1 aromatic rings. The third kappa shape index (κ3) is 11.7. The largest absolute Gasteiger partial charge is 0.509 e. The number of sulfonamides is 1. The van der Waals surface area contributed by atoms with Gasteiger partial charge in [-0.1, -0.05) is 129 Å². The molecule has 364 valence electrons. The molecule has 3 aliphatic heterocycles. The van der Waals surface area contributed by atoms with Crippen LogP contribution in [0.4, 0.5) is 4.79 Å². The quantitative estimate of drug-likeness (QED) is 0.0887. The Morgan fingerprint density at radius 1 is 0.746 bits per heavy atom. The molecule has 0 radical (unpaired) electrons. The molecule has 13 nitrogen and oxygen atoms in total. The lowest BCUT2D eigenvalue weighted by molar-refractivity contribution is -0.313. The zero-order valence-electron chi connectivity index (χ0n) is 41.5. The normalized spacial score (nSPS) is 29.0. The fraction of sp³-hybridized carbons (Fsp3) is 0.844. The lowest BCUT2D eigenvalue weighted by Gasteiger charge is -2.51. The summed E-state index contributed by atoms with van der Waals surface area (Å²) in [6, 6.07) is 7.00. The SMILES string of the molecule is CCS[C@@H]1O[C@H](CO[Si](C(C)C)(C(C)C)C(C)C)[C@H](O)[C@H](O[C@@H]2O[C@H](CO[Si](C(C)C)(C(C)C)C(C)C)[C@@H]3OC(=O)O[C@@H]3[C@H]2O[Si](C)(C)C(C)(C)C)[C@H]1NS(=O)(=O)c1ccccc1. The average molecular weight is 979 g/mol. The number of hydrogen-bond donors (Lipinski definition) is 2. The summed E-state index contributed by atoms with van der Waals surface area (Å²) in [5.41, 5.74) is 0.822. The monoisotopic (exact) mass is 977 g/mol. The van der Waals surface area contributed by atoms with Crippen LogP contribution in [0.5, 0.6) is 0 Å². The second kappa shape index (κ2) is 21.6. The van der Waals surface area contributed by atoms with Crippen molar-refractivity contribution < 1.29 is 55.3 Å². The zero-order valence-corrected chi connectivity index (χ0v) is 46.1. The summed E-state index contributed by atoms with van der Waals surface area (Å²) in [6.07, 6.45) is -9.29. The highest BCUT2D eigenvalue weighted by Gasteiger charge is 2.60. The molecule has 0 bridgehead atoms. The van der Waals surface area contributed by atoms with Crippen molar-refractivity contribution in [2.24, 2.45) is 0 Å². The summed E-state index contributed by atoms with van der Waals surface area (Å²) < 4.78 is 85.2. The minimum atomic E-state index is -4.17. The van der Waals surface area contributed by atoms with Crippen molar-refractivity contribution in [3.8, 4) is 0 Å². The molecule has 0 saturated carbocycles. The molecular formula is C45H83NO12S2Si3. The first-order chi connectivity index (χ1) is 29.1. The number of carbonyl (C=O) groups excluding carboxylic acids is 1. The Kier molecular flexibility index (Phi) is 18.8. The minimum Gasteiger partial charge on any atom is -0.424 e. The third-order valence-electron chi connectivity index (χ3n) is 14.3. The van der Waals surface area contributed by atoms with Crippen LogP contribution in [-0.4, -0.2) is 124 Å². The molecule has 3 aliphatic rings. The van der Waals surface area contributed by atoms with E-state index in [0.29, 0.717) is 5.75 Å². The molecule has 3 fully saturated rings. The number of fused-ring (bicyclic) bond motifs is 1. The highest BCUT2D eigenvalue weighted by atomic mass is 32.2. The molecule has 2 N–H and O–H groups in total. The number of hydrogen-bond acceptors (Lipinski definition) is 13. The average Bonchev–Trinajstić information content (AvgIpc) is 3.56. The van der Waals surface area contributed by atoms with Gasteiger partial charge in [0.1, 0.15) is 36.0 Å². The maximum atomic E-state index is 14.2. The molecule has 10 atom stereocenters. The Balaban J connectivity index is 1.88. The molecule has 0 amide bonds. The lowest BCUT2D eigenvalue weighted by atomic mass is 9.96. The van der Waals surface area contributed by atoms with Crippen molar-refractivity contribution >= 4 is 52.9 Å². The van der Waals surface area contributed by atoms with Gasteiger partial charge in [0.2, 0.25) is 10.0 Å². The Morgan fingerprint density at radius 3 is 1.68 bits per heavy atom. The van der Waals surface area contributed by atoms with E-state index in [2.05, 4.69) is 122 Å². The van der Waals surface area contributed by atoms with Crippen LogP contribution < -0.4 is 4.72 Å². The molecule has 0 spiro atoms. The van der Waals surface area contributed by atoms with E-state index >= 15 is 0 Å². The van der Waals surface area contributed by atoms with Crippen molar-refractivity contribution in [3.63, 3.8) is 0 Å². The van der Waals surface area contributed by atoms with Crippen LogP contribution >= 0.6 is 11.8 Å². The molecule has 3 saturated heterocycles. The fourth-order valence-corrected chi connectivity index (χ4v) is 24.9. The first-order valence-electron chi connectivity index (χ1n) is 23.2. The number of benzene rings is 1. The number of rotatable bonds is 21. The standard InChI is InChI=1S/C45H83NO12S2Si3/c1-19-59-43-36(46-60(49,50)33-23-21-20-22-24-33)39(37(47)34(54-43)25-51-62(27(2)3,28(4)5)29(6)7)55-42-41(58-61(17,18)45(14,15)16)40-38(56-44(48)57-40)35(53-42)26-52-63(30(8)9,31(10)11)32(12)13/h20-24,27-32,34-43,46-47H,19,25-26H2,1-18H3/t34-,35-,36-,37+,38+,39-,40+,41-,42+,43+/m1/s1. The van der Waals surface area contributed by atoms with Gasteiger partial charge >= 0.3 is 6.16 Å². The molecule has 3 heterocycles. The minimum absolute atomic E-state index is 0.0572. The Bertz CT molecular complexity index is 1690. The zero-order chi connectivity index (χ0) is 47.6. The molecule has 18 heteroatoms. The van der Waals surface area contributed by atoms with Gasteiger partial charge in [0.15, 0.2) is 43.5 Å². The smallest absolute Gasteiger partial charge is 0.424 e. The summed E-state index contributed by atoms with van der Waals surface area (Å²) in [5.74, 6) is 0.577. The number of aliphatic hydroxyl groups is 1. The van der Waals surface area contributed by atoms with Crippen LogP contribution in [0.25, 0.3) is 0 Å². The Labute approximate surface area is 387 Å². The summed E-state index contributed by atoms with van der Waals surface area (Å²) >= 11 is 1.41. The fourth-order valence-electron chi connectivity index (χ4n) is 10.4. The number of thioether (sulfide) groups is 1. The molecular weight excluding hydrogens is 895 g/mol. The van der Waals surface area contributed by atoms with Crippen molar-refractivity contribution in [2.75, 3.05) is 19.0 Å². The van der Waals surface area contributed by atoms with Crippen LogP contribution in [-0.2, 0) is 47.0 Å². The van der Waals surface area contributed by atoms with E-state index in [1.54, 1.807) is 18.2 Å². The van der Waals surface area contributed by atoms with Gasteiger partial charge in [-0.3, -0.25) is 0 Å². The molecule has 0 aliphatic carbocycles. The van der Waals surface area contributed by atoms with Gasteiger partial charge in [0, 0.05) is 0 Å². The van der Waals surface area contributed by atoms with E-state index < -0.39 is 102 Å². The summed E-state index contributed by atoms with van der Waals surface area (Å²) in [6.45, 7) is 39.1. The van der Waals surface area contributed by atoms with Crippen LogP contribution in [0.15, 0.2) is 35.2 Å². The number of nitrogens with one attached hydrogen (secondary N) is 1. The van der Waals surface area contributed by atoms with Crippen LogP contribution in [0.3, 0.4) is 0 Å². The number of ether oxygens (including phenoxy) is 5. The Morgan fingerprint density at radius 2 is 1.22 bits per heavy atom. The van der Waals surface area contributed by atoms with E-state index in [0.717, 1.165) is 0 Å². The second-order valence-corrected chi connectivity index (χ2v) is 39.9.